The minimum Gasteiger partial charge on any atom is -0.486 e. The second-order valence-corrected chi connectivity index (χ2v) is 8.77. The average molecular weight is 439 g/mol. The summed E-state index contributed by atoms with van der Waals surface area (Å²) < 4.78 is 25.2. The number of ether oxygens (including phenoxy) is 2. The van der Waals surface area contributed by atoms with Gasteiger partial charge in [-0.1, -0.05) is 19.9 Å². The molecule has 2 aromatic heterocycles. The molecular formula is C23H26FN5O3. The van der Waals surface area contributed by atoms with E-state index in [-0.39, 0.29) is 24.4 Å². The van der Waals surface area contributed by atoms with Crippen LogP contribution in [-0.2, 0) is 0 Å². The van der Waals surface area contributed by atoms with Gasteiger partial charge in [0.25, 0.3) is 5.91 Å². The molecule has 8 nitrogen and oxygen atoms in total. The standard InChI is InChI=1S/C23H26FN5O3/c1-13(2)19(14-3-4-17-18(9-14)32-8-7-31-17)29-21-15-10-16(28-20(15)26-12-27-21)22(30)25-11-23(24)5-6-23/h3-4,9-10,12-13,19H,5-8,11H2,1-2H3,(H,25,30)(H2,26,27,28,29)/t19-/m1/s1. The Morgan fingerprint density at radius 3 is 2.72 bits per heavy atom. The third-order valence-electron chi connectivity index (χ3n) is 5.91. The van der Waals surface area contributed by atoms with Crippen molar-refractivity contribution in [1.82, 2.24) is 20.3 Å². The maximum absolute atomic E-state index is 13.9. The van der Waals surface area contributed by atoms with Gasteiger partial charge in [0.1, 0.15) is 42.4 Å². The number of rotatable bonds is 7. The molecule has 1 aliphatic heterocycles. The SMILES string of the molecule is CC(C)[C@@H](Nc1ncnc2[nH]c(C(=O)NCC3(F)CC3)cc12)c1ccc2c(c1)OCCO2. The number of hydrogen-bond acceptors (Lipinski definition) is 6. The molecular weight excluding hydrogens is 413 g/mol. The van der Waals surface area contributed by atoms with Crippen LogP contribution in [0.3, 0.4) is 0 Å². The van der Waals surface area contributed by atoms with Crippen molar-refractivity contribution in [1.29, 1.82) is 0 Å². The van der Waals surface area contributed by atoms with Crippen molar-refractivity contribution in [2.45, 2.75) is 38.4 Å². The third-order valence-corrected chi connectivity index (χ3v) is 5.91. The lowest BCUT2D eigenvalue weighted by atomic mass is 9.95. The smallest absolute Gasteiger partial charge is 0.267 e. The van der Waals surface area contributed by atoms with Gasteiger partial charge in [0.15, 0.2) is 11.5 Å². The molecule has 0 unspecified atom stereocenters. The molecule has 0 saturated heterocycles. The minimum atomic E-state index is -1.25. The van der Waals surface area contributed by atoms with Gasteiger partial charge < -0.3 is 25.1 Å². The van der Waals surface area contributed by atoms with Gasteiger partial charge in [-0.2, -0.15) is 0 Å². The highest BCUT2D eigenvalue weighted by Crippen LogP contribution is 2.39. The first kappa shape index (κ1) is 20.5. The molecule has 1 atom stereocenters. The molecule has 1 saturated carbocycles. The highest BCUT2D eigenvalue weighted by atomic mass is 19.1. The van der Waals surface area contributed by atoms with Gasteiger partial charge in [-0.15, -0.1) is 0 Å². The molecule has 1 fully saturated rings. The lowest BCUT2D eigenvalue weighted by Gasteiger charge is -2.26. The van der Waals surface area contributed by atoms with E-state index in [0.717, 1.165) is 17.1 Å². The molecule has 0 bridgehead atoms. The normalized spacial score (nSPS) is 17.2. The predicted octanol–water partition coefficient (Wildman–Crippen LogP) is 3.77. The van der Waals surface area contributed by atoms with Crippen molar-refractivity contribution in [3.05, 3.63) is 41.9 Å². The van der Waals surface area contributed by atoms with Gasteiger partial charge >= 0.3 is 0 Å². The van der Waals surface area contributed by atoms with Crippen molar-refractivity contribution in [3.63, 3.8) is 0 Å². The lowest BCUT2D eigenvalue weighted by Crippen LogP contribution is -2.31. The van der Waals surface area contributed by atoms with Crippen molar-refractivity contribution in [2.75, 3.05) is 25.1 Å². The van der Waals surface area contributed by atoms with Crippen LogP contribution in [0.4, 0.5) is 10.2 Å². The zero-order valence-corrected chi connectivity index (χ0v) is 18.1. The topological polar surface area (TPSA) is 101 Å². The van der Waals surface area contributed by atoms with E-state index in [9.17, 15) is 9.18 Å². The Labute approximate surface area is 184 Å². The number of nitrogens with zero attached hydrogens (tertiary/aromatic N) is 2. The molecule has 3 N–H and O–H groups in total. The number of alkyl halides is 1. The number of anilines is 1. The zero-order chi connectivity index (χ0) is 22.3. The van der Waals surface area contributed by atoms with Crippen LogP contribution in [0.1, 0.15) is 48.8 Å². The molecule has 0 radical (unpaired) electrons. The summed E-state index contributed by atoms with van der Waals surface area (Å²) >= 11 is 0. The molecule has 3 heterocycles. The Balaban J connectivity index is 1.40. The van der Waals surface area contributed by atoms with E-state index in [1.54, 1.807) is 6.07 Å². The Bertz CT molecular complexity index is 1160. The van der Waals surface area contributed by atoms with Crippen LogP contribution < -0.4 is 20.1 Å². The van der Waals surface area contributed by atoms with Crippen LogP contribution in [0.2, 0.25) is 0 Å². The van der Waals surface area contributed by atoms with Gasteiger partial charge in [-0.05, 0) is 42.5 Å². The number of halogens is 1. The molecule has 0 spiro atoms. The summed E-state index contributed by atoms with van der Waals surface area (Å²) in [4.78, 5) is 24.2. The van der Waals surface area contributed by atoms with E-state index in [4.69, 9.17) is 9.47 Å². The van der Waals surface area contributed by atoms with Crippen molar-refractivity contribution >= 4 is 22.8 Å². The molecule has 2 aliphatic rings. The van der Waals surface area contributed by atoms with Gasteiger partial charge in [0.05, 0.1) is 18.0 Å². The van der Waals surface area contributed by atoms with Gasteiger partial charge in [0, 0.05) is 0 Å². The fourth-order valence-electron chi connectivity index (χ4n) is 3.86. The number of nitrogens with one attached hydrogen (secondary N) is 3. The quantitative estimate of drug-likeness (QED) is 0.518. The molecule has 1 aliphatic carbocycles. The van der Waals surface area contributed by atoms with Crippen LogP contribution in [0, 0.1) is 5.92 Å². The van der Waals surface area contributed by atoms with E-state index in [0.29, 0.717) is 48.6 Å². The first-order valence-electron chi connectivity index (χ1n) is 10.9. The summed E-state index contributed by atoms with van der Waals surface area (Å²) in [7, 11) is 0. The van der Waals surface area contributed by atoms with Crippen LogP contribution >= 0.6 is 0 Å². The molecule has 5 rings (SSSR count). The Morgan fingerprint density at radius 2 is 1.97 bits per heavy atom. The van der Waals surface area contributed by atoms with Crippen LogP contribution in [0.25, 0.3) is 11.0 Å². The summed E-state index contributed by atoms with van der Waals surface area (Å²) in [5, 5.41) is 6.86. The number of amides is 1. The van der Waals surface area contributed by atoms with Crippen molar-refractivity contribution in [3.8, 4) is 11.5 Å². The minimum absolute atomic E-state index is 0.0253. The molecule has 1 aromatic carbocycles. The molecule has 1 amide bonds. The Kier molecular flexibility index (Phi) is 5.11. The highest BCUT2D eigenvalue weighted by Gasteiger charge is 2.43. The predicted molar refractivity (Wildman–Crippen MR) is 118 cm³/mol. The number of carbonyl (C=O) groups is 1. The van der Waals surface area contributed by atoms with E-state index in [1.165, 1.54) is 6.33 Å². The molecule has 32 heavy (non-hydrogen) atoms. The summed E-state index contributed by atoms with van der Waals surface area (Å²) in [6.07, 6.45) is 2.44. The Morgan fingerprint density at radius 1 is 1.19 bits per heavy atom. The van der Waals surface area contributed by atoms with Gasteiger partial charge in [0.2, 0.25) is 0 Å². The maximum Gasteiger partial charge on any atom is 0.267 e. The van der Waals surface area contributed by atoms with Crippen molar-refractivity contribution < 1.29 is 18.7 Å². The first-order chi connectivity index (χ1) is 15.4. The molecule has 168 valence electrons. The zero-order valence-electron chi connectivity index (χ0n) is 18.1. The lowest BCUT2D eigenvalue weighted by molar-refractivity contribution is 0.0933. The fraction of sp³-hybridized carbons (Fsp3) is 0.435. The number of aromatic nitrogens is 3. The van der Waals surface area contributed by atoms with E-state index in [2.05, 4.69) is 39.4 Å². The summed E-state index contributed by atoms with van der Waals surface area (Å²) in [5.74, 6) is 1.97. The number of fused-ring (bicyclic) bond motifs is 2. The van der Waals surface area contributed by atoms with E-state index in [1.807, 2.05) is 18.2 Å². The second kappa shape index (κ2) is 7.96. The van der Waals surface area contributed by atoms with E-state index >= 15 is 0 Å². The third kappa shape index (κ3) is 4.06. The number of carbonyl (C=O) groups excluding carboxylic acids is 1. The maximum atomic E-state index is 13.9. The Hall–Kier alpha value is -3.36. The number of hydrogen-bond donors (Lipinski definition) is 3. The van der Waals surface area contributed by atoms with Gasteiger partial charge in [-0.3, -0.25) is 4.79 Å². The summed E-state index contributed by atoms with van der Waals surface area (Å²) in [6, 6.07) is 7.58. The van der Waals surface area contributed by atoms with E-state index < -0.39 is 5.67 Å². The van der Waals surface area contributed by atoms with Crippen LogP contribution in [0.5, 0.6) is 11.5 Å². The molecule has 9 heteroatoms. The summed E-state index contributed by atoms with van der Waals surface area (Å²) in [5.41, 5.74) is 0.664. The largest absolute Gasteiger partial charge is 0.486 e. The highest BCUT2D eigenvalue weighted by molar-refractivity contribution is 5.99. The van der Waals surface area contributed by atoms with Crippen LogP contribution in [-0.4, -0.2) is 46.3 Å². The first-order valence-corrected chi connectivity index (χ1v) is 10.9. The number of benzene rings is 1. The molecule has 3 aromatic rings. The van der Waals surface area contributed by atoms with Gasteiger partial charge in [-0.25, -0.2) is 14.4 Å². The fourth-order valence-corrected chi connectivity index (χ4v) is 3.86. The number of H-pyrrole nitrogens is 1. The average Bonchev–Trinajstić information content (AvgIpc) is 3.36. The van der Waals surface area contributed by atoms with Crippen LogP contribution in [0.15, 0.2) is 30.6 Å². The summed E-state index contributed by atoms with van der Waals surface area (Å²) in [6.45, 7) is 5.34. The van der Waals surface area contributed by atoms with Crippen molar-refractivity contribution in [2.24, 2.45) is 5.92 Å². The second-order valence-electron chi connectivity index (χ2n) is 8.77. The number of aromatic amines is 1. The monoisotopic (exact) mass is 439 g/mol.